The van der Waals surface area contributed by atoms with Crippen LogP contribution in [0.5, 0.6) is 0 Å². The molecule has 0 unspecified atom stereocenters. The number of isothiocyanates is 2. The van der Waals surface area contributed by atoms with Crippen LogP contribution in [0.2, 0.25) is 0 Å². The summed E-state index contributed by atoms with van der Waals surface area (Å²) in [5.41, 5.74) is 0. The van der Waals surface area contributed by atoms with E-state index in [0.29, 0.717) is 0 Å². The lowest BCUT2D eigenvalue weighted by Gasteiger charge is -2.01. The van der Waals surface area contributed by atoms with Crippen LogP contribution in [0.4, 0.5) is 0 Å². The van der Waals surface area contributed by atoms with Crippen molar-refractivity contribution in [1.82, 2.24) is 0 Å². The van der Waals surface area contributed by atoms with E-state index in [1.807, 2.05) is 0 Å². The van der Waals surface area contributed by atoms with Crippen molar-refractivity contribution in [3.8, 4) is 0 Å². The predicted molar refractivity (Wildman–Crippen MR) is 104 cm³/mol. The fraction of sp³-hybridized carbons (Fsp3) is 0.667. The van der Waals surface area contributed by atoms with Gasteiger partial charge < -0.3 is 0 Å². The molecule has 22 heavy (non-hydrogen) atoms. The van der Waals surface area contributed by atoms with Gasteiger partial charge in [0.15, 0.2) is 0 Å². The van der Waals surface area contributed by atoms with Crippen molar-refractivity contribution in [3.63, 3.8) is 0 Å². The number of nitrogens with zero attached hydrogens (tertiary/aromatic N) is 2. The average Bonchev–Trinajstić information content (AvgIpc) is 2.54. The van der Waals surface area contributed by atoms with Gasteiger partial charge in [-0.05, 0) is 50.1 Å². The number of allylic oxidation sites excluding steroid dienone is 2. The Kier molecular flexibility index (Phi) is 19.2. The molecule has 2 nitrogen and oxygen atoms in total. The standard InChI is InChI=1S/C18H28N2S2/c21-17-19-15-13-11-9-7-5-3-1-2-4-6-8-10-12-14-16-20-18-22/h13-16H,1-12H2. The van der Waals surface area contributed by atoms with Gasteiger partial charge in [-0.2, -0.15) is 0 Å². The van der Waals surface area contributed by atoms with Crippen LogP contribution in [0.3, 0.4) is 0 Å². The molecule has 0 bridgehead atoms. The molecule has 0 N–H and O–H groups in total. The maximum Gasteiger partial charge on any atom is 0.0634 e. The predicted octanol–water partition coefficient (Wildman–Crippen LogP) is 6.90. The second-order valence-corrected chi connectivity index (χ2v) is 5.69. The number of thiocarbonyl (C=S) groups is 2. The summed E-state index contributed by atoms with van der Waals surface area (Å²) in [6.45, 7) is 0. The maximum atomic E-state index is 4.49. The maximum absolute atomic E-state index is 4.49. The molecule has 0 spiro atoms. The minimum absolute atomic E-state index is 1.10. The zero-order chi connectivity index (χ0) is 16.1. The Bertz CT molecular complexity index is 352. The molecule has 0 aliphatic rings. The van der Waals surface area contributed by atoms with Crippen molar-refractivity contribution in [2.75, 3.05) is 0 Å². The number of aliphatic imine (C=N–C) groups is 2. The zero-order valence-electron chi connectivity index (χ0n) is 13.5. The summed E-state index contributed by atoms with van der Waals surface area (Å²) in [6.07, 6.45) is 23.2. The first-order chi connectivity index (χ1) is 10.9. The molecule has 0 saturated heterocycles. The number of unbranched alkanes of at least 4 members (excludes halogenated alkanes) is 11. The van der Waals surface area contributed by atoms with Crippen LogP contribution in [0, 0.1) is 0 Å². The van der Waals surface area contributed by atoms with Crippen LogP contribution in [0.1, 0.15) is 77.0 Å². The van der Waals surface area contributed by atoms with Crippen LogP contribution in [-0.2, 0) is 0 Å². The molecule has 0 amide bonds. The minimum atomic E-state index is 1.10. The summed E-state index contributed by atoms with van der Waals surface area (Å²) in [4.78, 5) is 7.50. The normalized spacial score (nSPS) is 10.7. The van der Waals surface area contributed by atoms with Crippen molar-refractivity contribution in [2.45, 2.75) is 77.0 Å². The summed E-state index contributed by atoms with van der Waals surface area (Å²) in [5.74, 6) is 0. The lowest BCUT2D eigenvalue weighted by atomic mass is 10.1. The Morgan fingerprint density at radius 3 is 1.18 bits per heavy atom. The second-order valence-electron chi connectivity index (χ2n) is 5.32. The van der Waals surface area contributed by atoms with E-state index in [1.165, 1.54) is 64.2 Å². The highest BCUT2D eigenvalue weighted by atomic mass is 32.1. The SMILES string of the molecule is S=C=NC=CCCCCCCCCCCCCC=CN=C=S. The topological polar surface area (TPSA) is 24.7 Å². The highest BCUT2D eigenvalue weighted by Gasteiger charge is 1.92. The molecule has 0 aromatic rings. The average molecular weight is 337 g/mol. The Hall–Kier alpha value is -0.920. The molecule has 0 aliphatic heterocycles. The lowest BCUT2D eigenvalue weighted by molar-refractivity contribution is 0.553. The third kappa shape index (κ3) is 19.1. The van der Waals surface area contributed by atoms with E-state index in [-0.39, 0.29) is 0 Å². The highest BCUT2D eigenvalue weighted by molar-refractivity contribution is 7.78. The van der Waals surface area contributed by atoms with Crippen LogP contribution in [0.25, 0.3) is 0 Å². The van der Waals surface area contributed by atoms with Gasteiger partial charge in [-0.3, -0.25) is 0 Å². The number of rotatable bonds is 15. The van der Waals surface area contributed by atoms with Crippen LogP contribution in [-0.4, -0.2) is 10.3 Å². The molecule has 0 atom stereocenters. The molecule has 122 valence electrons. The van der Waals surface area contributed by atoms with Crippen molar-refractivity contribution in [3.05, 3.63) is 24.6 Å². The van der Waals surface area contributed by atoms with Gasteiger partial charge in [-0.1, -0.05) is 63.5 Å². The van der Waals surface area contributed by atoms with Crippen LogP contribution in [0.15, 0.2) is 34.5 Å². The fourth-order valence-corrected chi connectivity index (χ4v) is 2.38. The molecule has 0 aromatic heterocycles. The van der Waals surface area contributed by atoms with Crippen molar-refractivity contribution >= 4 is 34.8 Å². The van der Waals surface area contributed by atoms with Gasteiger partial charge in [-0.15, -0.1) is 0 Å². The first kappa shape index (κ1) is 21.1. The molecule has 0 aliphatic carbocycles. The molecule has 0 aromatic carbocycles. The molecule has 0 saturated carbocycles. The van der Waals surface area contributed by atoms with Gasteiger partial charge in [0.25, 0.3) is 0 Å². The summed E-state index contributed by atoms with van der Waals surface area (Å²) < 4.78 is 0. The highest BCUT2D eigenvalue weighted by Crippen LogP contribution is 2.12. The van der Waals surface area contributed by atoms with Crippen molar-refractivity contribution in [2.24, 2.45) is 9.98 Å². The van der Waals surface area contributed by atoms with Gasteiger partial charge in [0, 0.05) is 12.4 Å². The zero-order valence-corrected chi connectivity index (χ0v) is 15.1. The quantitative estimate of drug-likeness (QED) is 0.184. The molecule has 0 rings (SSSR count). The Balaban J connectivity index is 3.11. The molecule has 0 fully saturated rings. The second kappa shape index (κ2) is 20.1. The Morgan fingerprint density at radius 2 is 0.864 bits per heavy atom. The first-order valence-electron chi connectivity index (χ1n) is 8.36. The Labute approximate surface area is 146 Å². The van der Waals surface area contributed by atoms with Crippen LogP contribution < -0.4 is 0 Å². The van der Waals surface area contributed by atoms with E-state index >= 15 is 0 Å². The van der Waals surface area contributed by atoms with Crippen molar-refractivity contribution < 1.29 is 0 Å². The van der Waals surface area contributed by atoms with E-state index in [2.05, 4.69) is 56.9 Å². The Morgan fingerprint density at radius 1 is 0.545 bits per heavy atom. The molecular formula is C18H28N2S2. The van der Waals surface area contributed by atoms with Gasteiger partial charge in [0.05, 0.1) is 10.3 Å². The van der Waals surface area contributed by atoms with Gasteiger partial charge in [0.1, 0.15) is 0 Å². The van der Waals surface area contributed by atoms with E-state index < -0.39 is 0 Å². The van der Waals surface area contributed by atoms with E-state index in [1.54, 1.807) is 12.4 Å². The molecular weight excluding hydrogens is 308 g/mol. The number of hydrogen-bond donors (Lipinski definition) is 0. The van der Waals surface area contributed by atoms with E-state index in [4.69, 9.17) is 0 Å². The third-order valence-electron chi connectivity index (χ3n) is 3.46. The van der Waals surface area contributed by atoms with E-state index in [0.717, 1.165) is 12.8 Å². The fourth-order valence-electron chi connectivity index (χ4n) is 2.25. The number of hydrogen-bond acceptors (Lipinski definition) is 4. The van der Waals surface area contributed by atoms with Crippen LogP contribution >= 0.6 is 24.4 Å². The summed E-state index contributed by atoms with van der Waals surface area (Å²) in [7, 11) is 0. The third-order valence-corrected chi connectivity index (χ3v) is 3.67. The van der Waals surface area contributed by atoms with Gasteiger partial charge >= 0.3 is 0 Å². The van der Waals surface area contributed by atoms with Gasteiger partial charge in [-0.25, -0.2) is 9.98 Å². The minimum Gasteiger partial charge on any atom is -0.203 e. The van der Waals surface area contributed by atoms with Crippen molar-refractivity contribution in [1.29, 1.82) is 0 Å². The first-order valence-corrected chi connectivity index (χ1v) is 9.17. The van der Waals surface area contributed by atoms with E-state index in [9.17, 15) is 0 Å². The summed E-state index contributed by atoms with van der Waals surface area (Å²) >= 11 is 8.97. The smallest absolute Gasteiger partial charge is 0.0634 e. The lowest BCUT2D eigenvalue weighted by Crippen LogP contribution is -1.82. The monoisotopic (exact) mass is 336 g/mol. The van der Waals surface area contributed by atoms with Gasteiger partial charge in [0.2, 0.25) is 0 Å². The largest absolute Gasteiger partial charge is 0.203 e. The summed E-state index contributed by atoms with van der Waals surface area (Å²) in [5, 5.41) is 4.66. The summed E-state index contributed by atoms with van der Waals surface area (Å²) in [6, 6.07) is 0. The molecule has 0 heterocycles. The molecule has 4 heteroatoms. The molecule has 0 radical (unpaired) electrons.